The zero-order valence-corrected chi connectivity index (χ0v) is 18.5. The number of ether oxygens (including phenoxy) is 3. The lowest BCUT2D eigenvalue weighted by Gasteiger charge is -2.39. The summed E-state index contributed by atoms with van der Waals surface area (Å²) in [5.74, 6) is 1.73. The van der Waals surface area contributed by atoms with E-state index in [0.717, 1.165) is 27.7 Å². The van der Waals surface area contributed by atoms with Crippen LogP contribution in [-0.4, -0.2) is 27.3 Å². The maximum atomic E-state index is 12.2. The van der Waals surface area contributed by atoms with Crippen LogP contribution >= 0.6 is 15.9 Å². The lowest BCUT2D eigenvalue weighted by atomic mass is 9.76. The summed E-state index contributed by atoms with van der Waals surface area (Å²) >= 11 is 3.61. The van der Waals surface area contributed by atoms with Gasteiger partial charge in [0.15, 0.2) is 11.5 Å². The van der Waals surface area contributed by atoms with Gasteiger partial charge in [-0.05, 0) is 70.1 Å². The van der Waals surface area contributed by atoms with Gasteiger partial charge in [-0.2, -0.15) is 0 Å². The molecule has 3 atom stereocenters. The van der Waals surface area contributed by atoms with Crippen molar-refractivity contribution >= 4 is 27.6 Å². The topological polar surface area (TPSA) is 56.8 Å². The standard InChI is InChI=1S/C23H24BrNO4/c1-12-14(23(26)29-4)8-9-17-15-6-5-7-16(15)21(25-20(12)17)13-10-18(24)22(28-3)19(11-13)27-2/h5-6,8-11,15-16,21,25H,7H2,1-4H3/t15-,16-,21+/m0/s1. The van der Waals surface area contributed by atoms with Crippen molar-refractivity contribution in [3.05, 3.63) is 63.1 Å². The number of nitrogens with one attached hydrogen (secondary N) is 1. The van der Waals surface area contributed by atoms with Crippen molar-refractivity contribution in [2.24, 2.45) is 5.92 Å². The van der Waals surface area contributed by atoms with Gasteiger partial charge >= 0.3 is 5.97 Å². The van der Waals surface area contributed by atoms with E-state index >= 15 is 0 Å². The first kappa shape index (κ1) is 19.8. The number of rotatable bonds is 4. The van der Waals surface area contributed by atoms with Crippen LogP contribution in [0.15, 0.2) is 40.9 Å². The molecular formula is C23H24BrNO4. The van der Waals surface area contributed by atoms with E-state index in [1.807, 2.05) is 19.1 Å². The van der Waals surface area contributed by atoms with Crippen molar-refractivity contribution in [1.82, 2.24) is 0 Å². The van der Waals surface area contributed by atoms with E-state index in [0.29, 0.717) is 28.9 Å². The van der Waals surface area contributed by atoms with E-state index < -0.39 is 0 Å². The first-order chi connectivity index (χ1) is 14.0. The number of carbonyl (C=O) groups excluding carboxylic acids is 1. The minimum atomic E-state index is -0.318. The number of fused-ring (bicyclic) bond motifs is 3. The maximum Gasteiger partial charge on any atom is 0.338 e. The molecular weight excluding hydrogens is 434 g/mol. The van der Waals surface area contributed by atoms with E-state index in [9.17, 15) is 4.79 Å². The molecule has 1 heterocycles. The van der Waals surface area contributed by atoms with Crippen LogP contribution in [0, 0.1) is 12.8 Å². The number of halogens is 1. The summed E-state index contributed by atoms with van der Waals surface area (Å²) in [5, 5.41) is 3.72. The molecule has 0 saturated carbocycles. The number of allylic oxidation sites excluding steroid dienone is 2. The van der Waals surface area contributed by atoms with E-state index in [2.05, 4.69) is 45.5 Å². The molecule has 152 valence electrons. The number of hydrogen-bond acceptors (Lipinski definition) is 5. The molecule has 0 amide bonds. The summed E-state index contributed by atoms with van der Waals surface area (Å²) in [6.07, 6.45) is 5.52. The zero-order valence-electron chi connectivity index (χ0n) is 16.9. The fourth-order valence-corrected chi connectivity index (χ4v) is 5.21. The Labute approximate surface area is 179 Å². The Morgan fingerprint density at radius 2 is 1.97 bits per heavy atom. The molecule has 2 aromatic carbocycles. The zero-order chi connectivity index (χ0) is 20.7. The van der Waals surface area contributed by atoms with Crippen LogP contribution in [0.2, 0.25) is 0 Å². The van der Waals surface area contributed by atoms with Crippen LogP contribution in [0.5, 0.6) is 11.5 Å². The second-order valence-electron chi connectivity index (χ2n) is 7.41. The van der Waals surface area contributed by atoms with Crippen LogP contribution in [0.4, 0.5) is 5.69 Å². The molecule has 0 fully saturated rings. The highest BCUT2D eigenvalue weighted by atomic mass is 79.9. The monoisotopic (exact) mass is 457 g/mol. The fraction of sp³-hybridized carbons (Fsp3) is 0.348. The predicted octanol–water partition coefficient (Wildman–Crippen LogP) is 5.39. The third-order valence-electron chi connectivity index (χ3n) is 6.02. The van der Waals surface area contributed by atoms with E-state index in [1.54, 1.807) is 14.2 Å². The van der Waals surface area contributed by atoms with Gasteiger partial charge in [-0.15, -0.1) is 0 Å². The van der Waals surface area contributed by atoms with Gasteiger partial charge in [-0.25, -0.2) is 4.79 Å². The molecule has 0 aromatic heterocycles. The van der Waals surface area contributed by atoms with Gasteiger partial charge in [0.25, 0.3) is 0 Å². The molecule has 2 aromatic rings. The normalized spacial score (nSPS) is 21.8. The molecule has 6 heteroatoms. The van der Waals surface area contributed by atoms with Crippen LogP contribution in [0.25, 0.3) is 0 Å². The molecule has 1 N–H and O–H groups in total. The molecule has 2 aliphatic rings. The number of carbonyl (C=O) groups is 1. The summed E-state index contributed by atoms with van der Waals surface area (Å²) in [6, 6.07) is 8.11. The summed E-state index contributed by atoms with van der Waals surface area (Å²) in [6.45, 7) is 1.97. The largest absolute Gasteiger partial charge is 0.493 e. The smallest absolute Gasteiger partial charge is 0.338 e. The molecule has 0 unspecified atom stereocenters. The van der Waals surface area contributed by atoms with E-state index in [1.165, 1.54) is 12.7 Å². The second kappa shape index (κ2) is 7.75. The Morgan fingerprint density at radius 1 is 1.17 bits per heavy atom. The van der Waals surface area contributed by atoms with Gasteiger partial charge in [-0.1, -0.05) is 18.2 Å². The van der Waals surface area contributed by atoms with Crippen molar-refractivity contribution in [3.63, 3.8) is 0 Å². The lowest BCUT2D eigenvalue weighted by Crippen LogP contribution is -2.30. The number of methoxy groups -OCH3 is 3. The van der Waals surface area contributed by atoms with Crippen molar-refractivity contribution < 1.29 is 19.0 Å². The number of esters is 1. The number of benzene rings is 2. The minimum Gasteiger partial charge on any atom is -0.493 e. The molecule has 0 bridgehead atoms. The first-order valence-electron chi connectivity index (χ1n) is 9.56. The van der Waals surface area contributed by atoms with Crippen LogP contribution in [-0.2, 0) is 4.74 Å². The molecule has 0 spiro atoms. The first-order valence-corrected chi connectivity index (χ1v) is 10.4. The number of anilines is 1. The van der Waals surface area contributed by atoms with Crippen molar-refractivity contribution in [1.29, 1.82) is 0 Å². The fourth-order valence-electron chi connectivity index (χ4n) is 4.59. The third-order valence-corrected chi connectivity index (χ3v) is 6.61. The summed E-state index contributed by atoms with van der Waals surface area (Å²) in [7, 11) is 4.69. The minimum absolute atomic E-state index is 0.0743. The van der Waals surface area contributed by atoms with Gasteiger partial charge < -0.3 is 19.5 Å². The second-order valence-corrected chi connectivity index (χ2v) is 8.26. The average molecular weight is 458 g/mol. The SMILES string of the molecule is COC(=O)c1ccc2c(c1C)N[C@H](c1cc(Br)c(OC)c(OC)c1)[C@H]1CC=C[C@H]21. The van der Waals surface area contributed by atoms with E-state index in [4.69, 9.17) is 14.2 Å². The molecule has 29 heavy (non-hydrogen) atoms. The van der Waals surface area contributed by atoms with E-state index in [-0.39, 0.29) is 12.0 Å². The van der Waals surface area contributed by atoms with Gasteiger partial charge in [0.1, 0.15) is 0 Å². The van der Waals surface area contributed by atoms with Crippen LogP contribution in [0.3, 0.4) is 0 Å². The Morgan fingerprint density at radius 3 is 2.66 bits per heavy atom. The maximum absolute atomic E-state index is 12.2. The highest BCUT2D eigenvalue weighted by Crippen LogP contribution is 2.52. The Hall–Kier alpha value is -2.47. The quantitative estimate of drug-likeness (QED) is 0.492. The van der Waals surface area contributed by atoms with Gasteiger partial charge in [0.05, 0.1) is 37.4 Å². The van der Waals surface area contributed by atoms with Crippen molar-refractivity contribution in [3.8, 4) is 11.5 Å². The molecule has 0 radical (unpaired) electrons. The lowest BCUT2D eigenvalue weighted by molar-refractivity contribution is 0.0600. The predicted molar refractivity (Wildman–Crippen MR) is 116 cm³/mol. The summed E-state index contributed by atoms with van der Waals surface area (Å²) in [5.41, 5.74) is 4.85. The van der Waals surface area contributed by atoms with Crippen LogP contribution < -0.4 is 14.8 Å². The Kier molecular flexibility index (Phi) is 5.30. The van der Waals surface area contributed by atoms with Crippen molar-refractivity contribution in [2.75, 3.05) is 26.6 Å². The third kappa shape index (κ3) is 3.19. The molecule has 5 nitrogen and oxygen atoms in total. The van der Waals surface area contributed by atoms with Gasteiger partial charge in [0, 0.05) is 11.6 Å². The van der Waals surface area contributed by atoms with Gasteiger partial charge in [0.2, 0.25) is 0 Å². The average Bonchev–Trinajstić information content (AvgIpc) is 3.22. The molecule has 0 saturated heterocycles. The highest BCUT2D eigenvalue weighted by molar-refractivity contribution is 9.10. The molecule has 1 aliphatic heterocycles. The Bertz CT molecular complexity index is 1000. The summed E-state index contributed by atoms with van der Waals surface area (Å²) < 4.78 is 16.8. The summed E-state index contributed by atoms with van der Waals surface area (Å²) in [4.78, 5) is 12.2. The van der Waals surface area contributed by atoms with Crippen molar-refractivity contribution in [2.45, 2.75) is 25.3 Å². The highest BCUT2D eigenvalue weighted by Gasteiger charge is 2.39. The van der Waals surface area contributed by atoms with Crippen LogP contribution in [0.1, 0.15) is 45.4 Å². The molecule has 1 aliphatic carbocycles. The van der Waals surface area contributed by atoms with Gasteiger partial charge in [-0.3, -0.25) is 0 Å². The number of hydrogen-bond donors (Lipinski definition) is 1. The molecule has 4 rings (SSSR count). The Balaban J connectivity index is 1.83.